The van der Waals surface area contributed by atoms with Crippen molar-refractivity contribution in [2.24, 2.45) is 12.0 Å². The molecule has 0 aliphatic heterocycles. The fourth-order valence-electron chi connectivity index (χ4n) is 2.86. The summed E-state index contributed by atoms with van der Waals surface area (Å²) in [5.41, 5.74) is 3.53. The van der Waals surface area contributed by atoms with E-state index in [9.17, 15) is 0 Å². The molecule has 0 saturated carbocycles. The Morgan fingerprint density at radius 1 is 1.22 bits per heavy atom. The quantitative estimate of drug-likeness (QED) is 0.500. The molecule has 0 aliphatic carbocycles. The third kappa shape index (κ3) is 5.20. The van der Waals surface area contributed by atoms with E-state index in [1.165, 1.54) is 11.3 Å². The van der Waals surface area contributed by atoms with Gasteiger partial charge in [-0.2, -0.15) is 0 Å². The molecule has 2 aromatic heterocycles. The number of aliphatic imine (C=N–C) groups is 1. The van der Waals surface area contributed by atoms with Gasteiger partial charge in [-0.05, 0) is 19.1 Å². The van der Waals surface area contributed by atoms with Crippen LogP contribution in [0, 0.1) is 0 Å². The van der Waals surface area contributed by atoms with Crippen LogP contribution in [0.3, 0.4) is 0 Å². The highest BCUT2D eigenvalue weighted by Crippen LogP contribution is 2.23. The van der Waals surface area contributed by atoms with Gasteiger partial charge < -0.3 is 14.8 Å². The highest BCUT2D eigenvalue weighted by Gasteiger charge is 2.09. The molecule has 142 valence electrons. The number of benzene rings is 1. The molecule has 0 unspecified atom stereocenters. The van der Waals surface area contributed by atoms with Crippen LogP contribution in [0.4, 0.5) is 0 Å². The highest BCUT2D eigenvalue weighted by atomic mass is 32.1. The van der Waals surface area contributed by atoms with Gasteiger partial charge in [-0.15, -0.1) is 11.3 Å². The molecular formula is C21H27N5S. The van der Waals surface area contributed by atoms with Crippen LogP contribution < -0.4 is 5.32 Å². The lowest BCUT2D eigenvalue weighted by atomic mass is 10.2. The SMILES string of the molecule is CCNC(=NCCc1csc(-c2ccccc2)n1)N(C)Cc1cccn1C. The number of hydrogen-bond acceptors (Lipinski definition) is 3. The summed E-state index contributed by atoms with van der Waals surface area (Å²) in [6.45, 7) is 4.49. The van der Waals surface area contributed by atoms with Crippen molar-refractivity contribution in [3.63, 3.8) is 0 Å². The van der Waals surface area contributed by atoms with Crippen LogP contribution in [-0.2, 0) is 20.0 Å². The highest BCUT2D eigenvalue weighted by molar-refractivity contribution is 7.13. The molecule has 0 bridgehead atoms. The summed E-state index contributed by atoms with van der Waals surface area (Å²) in [7, 11) is 4.14. The number of nitrogens with one attached hydrogen (secondary N) is 1. The van der Waals surface area contributed by atoms with Crippen LogP contribution in [0.15, 0.2) is 59.0 Å². The number of rotatable bonds is 7. The molecule has 27 heavy (non-hydrogen) atoms. The monoisotopic (exact) mass is 381 g/mol. The minimum atomic E-state index is 0.720. The summed E-state index contributed by atoms with van der Waals surface area (Å²) in [5.74, 6) is 0.928. The average molecular weight is 382 g/mol. The summed E-state index contributed by atoms with van der Waals surface area (Å²) in [4.78, 5) is 11.7. The second-order valence-corrected chi connectivity index (χ2v) is 7.32. The van der Waals surface area contributed by atoms with Crippen molar-refractivity contribution in [1.82, 2.24) is 19.8 Å². The third-order valence-corrected chi connectivity index (χ3v) is 5.29. The summed E-state index contributed by atoms with van der Waals surface area (Å²) >= 11 is 1.69. The zero-order chi connectivity index (χ0) is 19.1. The lowest BCUT2D eigenvalue weighted by molar-refractivity contribution is 0.462. The third-order valence-electron chi connectivity index (χ3n) is 4.35. The van der Waals surface area contributed by atoms with Crippen LogP contribution >= 0.6 is 11.3 Å². The smallest absolute Gasteiger partial charge is 0.194 e. The fraction of sp³-hybridized carbons (Fsp3) is 0.333. The Kier molecular flexibility index (Phi) is 6.65. The molecule has 5 nitrogen and oxygen atoms in total. The van der Waals surface area contributed by atoms with E-state index in [1.54, 1.807) is 11.3 Å². The van der Waals surface area contributed by atoms with Crippen molar-refractivity contribution in [3.05, 3.63) is 65.4 Å². The zero-order valence-electron chi connectivity index (χ0n) is 16.2. The van der Waals surface area contributed by atoms with Crippen molar-refractivity contribution in [2.75, 3.05) is 20.1 Å². The van der Waals surface area contributed by atoms with Crippen LogP contribution in [0.25, 0.3) is 10.6 Å². The van der Waals surface area contributed by atoms with E-state index in [0.717, 1.165) is 42.7 Å². The number of hydrogen-bond donors (Lipinski definition) is 1. The maximum absolute atomic E-state index is 4.79. The summed E-state index contributed by atoms with van der Waals surface area (Å²) in [6, 6.07) is 14.5. The Labute approximate surface area is 165 Å². The first-order valence-electron chi connectivity index (χ1n) is 9.27. The lowest BCUT2D eigenvalue weighted by Gasteiger charge is -2.22. The maximum Gasteiger partial charge on any atom is 0.194 e. The number of thiazole rings is 1. The molecule has 3 rings (SSSR count). The summed E-state index contributed by atoms with van der Waals surface area (Å²) < 4.78 is 2.14. The average Bonchev–Trinajstić information content (AvgIpc) is 3.31. The zero-order valence-corrected chi connectivity index (χ0v) is 17.0. The van der Waals surface area contributed by atoms with Gasteiger partial charge in [-0.1, -0.05) is 30.3 Å². The topological polar surface area (TPSA) is 45.5 Å². The van der Waals surface area contributed by atoms with E-state index in [4.69, 9.17) is 9.98 Å². The van der Waals surface area contributed by atoms with Crippen LogP contribution in [0.2, 0.25) is 0 Å². The minimum Gasteiger partial charge on any atom is -0.357 e. The molecule has 0 saturated heterocycles. The first-order valence-corrected chi connectivity index (χ1v) is 10.1. The van der Waals surface area contributed by atoms with Crippen molar-refractivity contribution in [3.8, 4) is 10.6 Å². The summed E-state index contributed by atoms with van der Waals surface area (Å²) in [6.07, 6.45) is 2.91. The number of guanidine groups is 1. The molecule has 0 aliphatic rings. The molecule has 0 fully saturated rings. The van der Waals surface area contributed by atoms with Gasteiger partial charge in [0, 0.05) is 56.4 Å². The number of nitrogens with zero attached hydrogens (tertiary/aromatic N) is 4. The Balaban J connectivity index is 1.60. The molecule has 6 heteroatoms. The van der Waals surface area contributed by atoms with Gasteiger partial charge in [0.25, 0.3) is 0 Å². The van der Waals surface area contributed by atoms with Gasteiger partial charge in [0.1, 0.15) is 5.01 Å². The molecule has 0 amide bonds. The van der Waals surface area contributed by atoms with Crippen LogP contribution in [-0.4, -0.2) is 40.5 Å². The Morgan fingerprint density at radius 2 is 2.04 bits per heavy atom. The van der Waals surface area contributed by atoms with E-state index in [-0.39, 0.29) is 0 Å². The van der Waals surface area contributed by atoms with E-state index in [0.29, 0.717) is 0 Å². The van der Waals surface area contributed by atoms with E-state index in [2.05, 4.69) is 71.6 Å². The summed E-state index contributed by atoms with van der Waals surface area (Å²) in [5, 5.41) is 6.59. The standard InChI is InChI=1S/C21H27N5S/c1-4-22-21(26(3)15-19-11-8-14-25(19)2)23-13-12-18-16-27-20(24-18)17-9-6-5-7-10-17/h5-11,14,16H,4,12-13,15H2,1-3H3,(H,22,23). The molecule has 2 heterocycles. The lowest BCUT2D eigenvalue weighted by Crippen LogP contribution is -2.39. The van der Waals surface area contributed by atoms with E-state index >= 15 is 0 Å². The van der Waals surface area contributed by atoms with Gasteiger partial charge in [0.15, 0.2) is 5.96 Å². The van der Waals surface area contributed by atoms with Crippen LogP contribution in [0.1, 0.15) is 18.3 Å². The molecule has 0 spiro atoms. The minimum absolute atomic E-state index is 0.720. The molecule has 1 N–H and O–H groups in total. The van der Waals surface area contributed by atoms with Gasteiger partial charge >= 0.3 is 0 Å². The first kappa shape index (κ1) is 19.2. The molecule has 0 radical (unpaired) electrons. The predicted molar refractivity (Wildman–Crippen MR) is 114 cm³/mol. The molecule has 0 atom stereocenters. The van der Waals surface area contributed by atoms with Crippen molar-refractivity contribution >= 4 is 17.3 Å². The Hall–Kier alpha value is -2.60. The van der Waals surface area contributed by atoms with Gasteiger partial charge in [0.05, 0.1) is 12.2 Å². The number of aryl methyl sites for hydroxylation is 1. The van der Waals surface area contributed by atoms with Gasteiger partial charge in [0.2, 0.25) is 0 Å². The molecular weight excluding hydrogens is 354 g/mol. The van der Waals surface area contributed by atoms with Gasteiger partial charge in [-0.25, -0.2) is 4.98 Å². The van der Waals surface area contributed by atoms with Crippen LogP contribution in [0.5, 0.6) is 0 Å². The van der Waals surface area contributed by atoms with Gasteiger partial charge in [-0.3, -0.25) is 4.99 Å². The second kappa shape index (κ2) is 9.37. The van der Waals surface area contributed by atoms with Crippen molar-refractivity contribution < 1.29 is 0 Å². The van der Waals surface area contributed by atoms with Crippen molar-refractivity contribution in [2.45, 2.75) is 19.9 Å². The Bertz CT molecular complexity index is 866. The Morgan fingerprint density at radius 3 is 2.74 bits per heavy atom. The maximum atomic E-state index is 4.79. The second-order valence-electron chi connectivity index (χ2n) is 6.46. The molecule has 1 aromatic carbocycles. The van der Waals surface area contributed by atoms with Crippen molar-refractivity contribution in [1.29, 1.82) is 0 Å². The largest absolute Gasteiger partial charge is 0.357 e. The normalized spacial score (nSPS) is 11.6. The van der Waals surface area contributed by atoms with E-state index < -0.39 is 0 Å². The molecule has 3 aromatic rings. The number of aromatic nitrogens is 2. The first-order chi connectivity index (χ1) is 13.2. The predicted octanol–water partition coefficient (Wildman–Crippen LogP) is 3.79. The fourth-order valence-corrected chi connectivity index (χ4v) is 3.72. The van der Waals surface area contributed by atoms with E-state index in [1.807, 2.05) is 18.2 Å².